The molecule has 4 aromatic rings. The van der Waals surface area contributed by atoms with Crippen LogP contribution in [0.2, 0.25) is 0 Å². The van der Waals surface area contributed by atoms with Crippen LogP contribution in [0.1, 0.15) is 29.9 Å². The van der Waals surface area contributed by atoms with Crippen LogP contribution in [-0.2, 0) is 6.42 Å². The first kappa shape index (κ1) is 18.7. The van der Waals surface area contributed by atoms with Gasteiger partial charge in [-0.1, -0.05) is 31.2 Å². The highest BCUT2D eigenvalue weighted by molar-refractivity contribution is 5.54. The zero-order valence-corrected chi connectivity index (χ0v) is 16.0. The predicted molar refractivity (Wildman–Crippen MR) is 111 cm³/mol. The van der Waals surface area contributed by atoms with Crippen molar-refractivity contribution in [3.63, 3.8) is 0 Å². The Morgan fingerprint density at radius 3 is 2.41 bits per heavy atom. The van der Waals surface area contributed by atoms with Crippen molar-refractivity contribution in [2.24, 2.45) is 0 Å². The van der Waals surface area contributed by atoms with Crippen molar-refractivity contribution in [3.05, 3.63) is 102 Å². The summed E-state index contributed by atoms with van der Waals surface area (Å²) < 4.78 is 13.9. The molecule has 3 heterocycles. The first-order valence-electron chi connectivity index (χ1n) is 9.45. The van der Waals surface area contributed by atoms with Crippen molar-refractivity contribution in [2.75, 3.05) is 5.32 Å². The van der Waals surface area contributed by atoms with Gasteiger partial charge in [0.15, 0.2) is 5.82 Å². The number of hydrogen-bond donors (Lipinski definition) is 1. The highest BCUT2D eigenvalue weighted by Gasteiger charge is 2.18. The topological polar surface area (TPSA) is 63.6 Å². The molecule has 1 N–H and O–H groups in total. The average molecular weight is 385 g/mol. The largest absolute Gasteiger partial charge is 0.357 e. The maximum atomic E-state index is 13.9. The van der Waals surface area contributed by atoms with Gasteiger partial charge in [0.25, 0.3) is 0 Å². The summed E-state index contributed by atoms with van der Waals surface area (Å²) in [5.41, 5.74) is 3.13. The van der Waals surface area contributed by atoms with E-state index < -0.39 is 0 Å². The van der Waals surface area contributed by atoms with E-state index in [1.807, 2.05) is 55.5 Å². The lowest BCUT2D eigenvalue weighted by molar-refractivity contribution is 0.624. The first-order chi connectivity index (χ1) is 14.2. The zero-order chi connectivity index (χ0) is 20.1. The fourth-order valence-corrected chi connectivity index (χ4v) is 3.07. The Balaban J connectivity index is 1.76. The van der Waals surface area contributed by atoms with Crippen LogP contribution < -0.4 is 5.32 Å². The van der Waals surface area contributed by atoms with E-state index >= 15 is 0 Å². The molecule has 1 aromatic carbocycles. The van der Waals surface area contributed by atoms with E-state index in [0.717, 1.165) is 23.4 Å². The molecule has 1 unspecified atom stereocenters. The summed E-state index contributed by atoms with van der Waals surface area (Å²) in [4.78, 5) is 18.1. The van der Waals surface area contributed by atoms with Gasteiger partial charge in [0.1, 0.15) is 17.3 Å². The molecule has 3 aromatic heterocycles. The van der Waals surface area contributed by atoms with E-state index in [2.05, 4.69) is 25.3 Å². The Morgan fingerprint density at radius 1 is 0.897 bits per heavy atom. The number of rotatable bonds is 6. The summed E-state index contributed by atoms with van der Waals surface area (Å²) in [5, 5.41) is 3.42. The molecule has 4 rings (SSSR count). The number of hydrogen-bond acceptors (Lipinski definition) is 5. The summed E-state index contributed by atoms with van der Waals surface area (Å²) in [5.74, 6) is 0.889. The van der Waals surface area contributed by atoms with Crippen LogP contribution in [0.25, 0.3) is 11.5 Å². The number of benzene rings is 1. The molecule has 0 aliphatic heterocycles. The lowest BCUT2D eigenvalue weighted by Gasteiger charge is -2.20. The van der Waals surface area contributed by atoms with Crippen LogP contribution >= 0.6 is 0 Å². The van der Waals surface area contributed by atoms with Crippen molar-refractivity contribution < 1.29 is 4.39 Å². The molecule has 144 valence electrons. The Morgan fingerprint density at radius 2 is 1.72 bits per heavy atom. The van der Waals surface area contributed by atoms with E-state index in [-0.39, 0.29) is 11.9 Å². The molecule has 0 saturated heterocycles. The van der Waals surface area contributed by atoms with Crippen LogP contribution in [0, 0.1) is 5.82 Å². The number of anilines is 1. The summed E-state index contributed by atoms with van der Waals surface area (Å²) in [7, 11) is 0. The minimum Gasteiger partial charge on any atom is -0.357 e. The number of aromatic nitrogens is 4. The second-order valence-corrected chi connectivity index (χ2v) is 6.52. The molecule has 1 atom stereocenters. The number of aryl methyl sites for hydroxylation is 1. The van der Waals surface area contributed by atoms with Crippen molar-refractivity contribution in [1.29, 1.82) is 0 Å². The van der Waals surface area contributed by atoms with Crippen molar-refractivity contribution in [3.8, 4) is 11.5 Å². The van der Waals surface area contributed by atoms with E-state index in [0.29, 0.717) is 17.3 Å². The second kappa shape index (κ2) is 8.56. The van der Waals surface area contributed by atoms with Gasteiger partial charge in [-0.2, -0.15) is 0 Å². The van der Waals surface area contributed by atoms with Crippen LogP contribution in [-0.4, -0.2) is 19.9 Å². The van der Waals surface area contributed by atoms with Gasteiger partial charge in [-0.25, -0.2) is 14.4 Å². The third kappa shape index (κ3) is 4.43. The molecule has 0 radical (unpaired) electrons. The summed E-state index contributed by atoms with van der Waals surface area (Å²) in [6, 6.07) is 19.4. The summed E-state index contributed by atoms with van der Waals surface area (Å²) in [6.45, 7) is 2.04. The zero-order valence-electron chi connectivity index (χ0n) is 16.0. The maximum Gasteiger partial charge on any atom is 0.180 e. The molecule has 29 heavy (non-hydrogen) atoms. The summed E-state index contributed by atoms with van der Waals surface area (Å²) in [6.07, 6.45) is 4.19. The summed E-state index contributed by atoms with van der Waals surface area (Å²) >= 11 is 0. The van der Waals surface area contributed by atoms with Gasteiger partial charge in [-0.05, 0) is 48.4 Å². The van der Waals surface area contributed by atoms with Crippen LogP contribution in [0.3, 0.4) is 0 Å². The van der Waals surface area contributed by atoms with Crippen molar-refractivity contribution >= 4 is 5.82 Å². The third-order valence-corrected chi connectivity index (χ3v) is 4.49. The molecular formula is C23H20FN5. The highest BCUT2D eigenvalue weighted by Crippen LogP contribution is 2.26. The van der Waals surface area contributed by atoms with Gasteiger partial charge in [-0.3, -0.25) is 9.97 Å². The van der Waals surface area contributed by atoms with Crippen LogP contribution in [0.4, 0.5) is 10.2 Å². The number of halogens is 1. The van der Waals surface area contributed by atoms with Gasteiger partial charge in [-0.15, -0.1) is 0 Å². The standard InChI is InChI=1S/C23H20FN5/c1-2-18-15-21(29-23(27-18)20-11-4-6-13-26-20)28-22(19-10-3-5-12-25-19)16-8-7-9-17(24)14-16/h3-15,22H,2H2,1H3,(H,27,28,29). The first-order valence-corrected chi connectivity index (χ1v) is 9.45. The highest BCUT2D eigenvalue weighted by atomic mass is 19.1. The Kier molecular flexibility index (Phi) is 5.52. The Labute approximate surface area is 168 Å². The van der Waals surface area contributed by atoms with Gasteiger partial charge < -0.3 is 5.32 Å². The lowest BCUT2D eigenvalue weighted by atomic mass is 10.0. The smallest absolute Gasteiger partial charge is 0.180 e. The van der Waals surface area contributed by atoms with Crippen molar-refractivity contribution in [2.45, 2.75) is 19.4 Å². The molecule has 0 amide bonds. The SMILES string of the molecule is CCc1cc(NC(c2cccc(F)c2)c2ccccn2)nc(-c2ccccn2)n1. The molecular weight excluding hydrogens is 365 g/mol. The van der Waals surface area contributed by atoms with E-state index in [1.165, 1.54) is 12.1 Å². The second-order valence-electron chi connectivity index (χ2n) is 6.52. The predicted octanol–water partition coefficient (Wildman–Crippen LogP) is 4.84. The fourth-order valence-electron chi connectivity index (χ4n) is 3.07. The molecule has 5 nitrogen and oxygen atoms in total. The molecule has 0 bridgehead atoms. The number of pyridine rings is 2. The minimum absolute atomic E-state index is 0.295. The van der Waals surface area contributed by atoms with E-state index in [1.54, 1.807) is 18.5 Å². The molecule has 0 aliphatic rings. The molecule has 6 heteroatoms. The quantitative estimate of drug-likeness (QED) is 0.515. The normalized spacial score (nSPS) is 11.8. The van der Waals surface area contributed by atoms with Gasteiger partial charge in [0, 0.05) is 24.2 Å². The number of nitrogens with zero attached hydrogens (tertiary/aromatic N) is 4. The van der Waals surface area contributed by atoms with Gasteiger partial charge >= 0.3 is 0 Å². The maximum absolute atomic E-state index is 13.9. The molecule has 0 fully saturated rings. The minimum atomic E-state index is -0.358. The van der Waals surface area contributed by atoms with Gasteiger partial charge in [0.05, 0.1) is 11.7 Å². The van der Waals surface area contributed by atoms with Crippen LogP contribution in [0.15, 0.2) is 79.1 Å². The Bertz CT molecular complexity index is 1090. The lowest BCUT2D eigenvalue weighted by Crippen LogP contribution is -2.15. The third-order valence-electron chi connectivity index (χ3n) is 4.49. The van der Waals surface area contributed by atoms with E-state index in [9.17, 15) is 4.39 Å². The molecule has 0 spiro atoms. The van der Waals surface area contributed by atoms with Crippen LogP contribution in [0.5, 0.6) is 0 Å². The number of nitrogens with one attached hydrogen (secondary N) is 1. The molecule has 0 saturated carbocycles. The Hall–Kier alpha value is -3.67. The van der Waals surface area contributed by atoms with Crippen molar-refractivity contribution in [1.82, 2.24) is 19.9 Å². The average Bonchev–Trinajstić information content (AvgIpc) is 2.78. The molecule has 0 aliphatic carbocycles. The monoisotopic (exact) mass is 385 g/mol. The fraction of sp³-hybridized carbons (Fsp3) is 0.130. The van der Waals surface area contributed by atoms with Gasteiger partial charge in [0.2, 0.25) is 0 Å². The van der Waals surface area contributed by atoms with E-state index in [4.69, 9.17) is 0 Å².